The van der Waals surface area contributed by atoms with Crippen molar-refractivity contribution in [2.45, 2.75) is 18.3 Å². The Hall–Kier alpha value is -1.30. The number of rotatable bonds is 3. The lowest BCUT2D eigenvalue weighted by molar-refractivity contribution is -0.235. The summed E-state index contributed by atoms with van der Waals surface area (Å²) < 4.78 is 50.6. The van der Waals surface area contributed by atoms with Gasteiger partial charge < -0.3 is 5.11 Å². The second-order valence-corrected chi connectivity index (χ2v) is 3.78. The molecule has 0 amide bonds. The second kappa shape index (κ2) is 4.52. The molecule has 17 heavy (non-hydrogen) atoms. The Labute approximate surface area is 98.8 Å². The molecule has 1 aromatic carbocycles. The smallest absolute Gasteiger partial charge is 0.433 e. The summed E-state index contributed by atoms with van der Waals surface area (Å²) in [6.45, 7) is 0. The number of aliphatic carboxylic acids is 1. The molecule has 1 N–H and O–H groups in total. The molecular formula is C10H7ClF4O2. The van der Waals surface area contributed by atoms with Gasteiger partial charge in [-0.15, -0.1) is 0 Å². The number of halogens is 5. The van der Waals surface area contributed by atoms with Gasteiger partial charge in [-0.25, -0.2) is 9.18 Å². The molecule has 0 fully saturated rings. The molecule has 1 aromatic rings. The quantitative estimate of drug-likeness (QED) is 0.856. The molecule has 0 spiro atoms. The van der Waals surface area contributed by atoms with E-state index in [4.69, 9.17) is 16.7 Å². The molecule has 0 radical (unpaired) electrons. The van der Waals surface area contributed by atoms with E-state index in [1.807, 2.05) is 0 Å². The molecule has 2 nitrogen and oxygen atoms in total. The molecule has 94 valence electrons. The summed E-state index contributed by atoms with van der Waals surface area (Å²) >= 11 is 5.56. The first kappa shape index (κ1) is 13.8. The Kier molecular flexibility index (Phi) is 3.66. The highest BCUT2D eigenvalue weighted by atomic mass is 35.5. The van der Waals surface area contributed by atoms with Crippen LogP contribution in [0, 0.1) is 0 Å². The van der Waals surface area contributed by atoms with Gasteiger partial charge in [-0.2, -0.15) is 13.2 Å². The highest BCUT2D eigenvalue weighted by molar-refractivity contribution is 6.31. The summed E-state index contributed by atoms with van der Waals surface area (Å²) in [5.41, 5.74) is -4.55. The van der Waals surface area contributed by atoms with E-state index >= 15 is 0 Å². The van der Waals surface area contributed by atoms with Crippen molar-refractivity contribution in [3.63, 3.8) is 0 Å². The maximum atomic E-state index is 13.5. The van der Waals surface area contributed by atoms with Gasteiger partial charge in [0, 0.05) is 11.4 Å². The molecule has 0 aliphatic rings. The Morgan fingerprint density at radius 1 is 1.24 bits per heavy atom. The third-order valence-corrected chi connectivity index (χ3v) is 2.55. The molecule has 0 saturated carbocycles. The summed E-state index contributed by atoms with van der Waals surface area (Å²) in [7, 11) is 0. The molecule has 7 heteroatoms. The van der Waals surface area contributed by atoms with Gasteiger partial charge in [-0.1, -0.05) is 29.8 Å². The first-order chi connectivity index (χ1) is 7.68. The van der Waals surface area contributed by atoms with Gasteiger partial charge in [-0.05, 0) is 11.6 Å². The van der Waals surface area contributed by atoms with Crippen LogP contribution in [0.3, 0.4) is 0 Å². The number of hydrogen-bond donors (Lipinski definition) is 1. The Morgan fingerprint density at radius 3 is 2.18 bits per heavy atom. The van der Waals surface area contributed by atoms with E-state index in [0.717, 1.165) is 6.07 Å². The molecule has 0 bridgehead atoms. The fraction of sp³-hybridized carbons (Fsp3) is 0.300. The highest BCUT2D eigenvalue weighted by Crippen LogP contribution is 2.38. The molecular weight excluding hydrogens is 264 g/mol. The lowest BCUT2D eigenvalue weighted by Gasteiger charge is -2.23. The molecule has 0 heterocycles. The minimum absolute atomic E-state index is 0.111. The summed E-state index contributed by atoms with van der Waals surface area (Å²) in [5.74, 6) is -2.58. The van der Waals surface area contributed by atoms with Crippen LogP contribution >= 0.6 is 11.6 Å². The van der Waals surface area contributed by atoms with E-state index in [-0.39, 0.29) is 10.6 Å². The lowest BCUT2D eigenvalue weighted by atomic mass is 9.95. The summed E-state index contributed by atoms with van der Waals surface area (Å²) in [6.07, 6.45) is -6.86. The van der Waals surface area contributed by atoms with Crippen molar-refractivity contribution in [2.75, 3.05) is 0 Å². The van der Waals surface area contributed by atoms with Gasteiger partial charge in [0.2, 0.25) is 0 Å². The molecule has 1 atom stereocenters. The SMILES string of the molecule is O=C(O)C(F)(Cc1ccccc1Cl)C(F)(F)F. The summed E-state index contributed by atoms with van der Waals surface area (Å²) in [6, 6.07) is 5.20. The van der Waals surface area contributed by atoms with Crippen LogP contribution in [0.25, 0.3) is 0 Å². The van der Waals surface area contributed by atoms with Crippen LogP contribution in [-0.4, -0.2) is 22.9 Å². The molecule has 0 aromatic heterocycles. The van der Waals surface area contributed by atoms with Crippen LogP contribution in [0.15, 0.2) is 24.3 Å². The monoisotopic (exact) mass is 270 g/mol. The molecule has 1 unspecified atom stereocenters. The van der Waals surface area contributed by atoms with Crippen molar-refractivity contribution in [3.8, 4) is 0 Å². The van der Waals surface area contributed by atoms with E-state index < -0.39 is 24.2 Å². The van der Waals surface area contributed by atoms with Crippen molar-refractivity contribution >= 4 is 17.6 Å². The lowest BCUT2D eigenvalue weighted by Crippen LogP contribution is -2.49. The second-order valence-electron chi connectivity index (χ2n) is 3.37. The van der Waals surface area contributed by atoms with Gasteiger partial charge >= 0.3 is 17.8 Å². The number of hydrogen-bond acceptors (Lipinski definition) is 1. The van der Waals surface area contributed by atoms with Gasteiger partial charge in [0.1, 0.15) is 0 Å². The van der Waals surface area contributed by atoms with Crippen LogP contribution in [0.4, 0.5) is 17.6 Å². The fourth-order valence-corrected chi connectivity index (χ4v) is 1.40. The Balaban J connectivity index is 3.13. The van der Waals surface area contributed by atoms with Crippen molar-refractivity contribution in [1.29, 1.82) is 0 Å². The van der Waals surface area contributed by atoms with Gasteiger partial charge in [0.05, 0.1) is 0 Å². The van der Waals surface area contributed by atoms with Gasteiger partial charge in [0.25, 0.3) is 0 Å². The third-order valence-electron chi connectivity index (χ3n) is 2.18. The zero-order valence-corrected chi connectivity index (χ0v) is 9.02. The predicted octanol–water partition coefficient (Wildman–Crippen LogP) is 3.24. The number of carboxylic acids is 1. The molecule has 0 saturated heterocycles. The first-order valence-corrected chi connectivity index (χ1v) is 4.79. The first-order valence-electron chi connectivity index (χ1n) is 4.41. The van der Waals surface area contributed by atoms with E-state index in [9.17, 15) is 22.4 Å². The number of benzene rings is 1. The summed E-state index contributed by atoms with van der Waals surface area (Å²) in [4.78, 5) is 10.4. The van der Waals surface area contributed by atoms with Crippen LogP contribution < -0.4 is 0 Å². The minimum Gasteiger partial charge on any atom is -0.479 e. The normalized spacial score (nSPS) is 15.4. The van der Waals surface area contributed by atoms with Gasteiger partial charge in [0.15, 0.2) is 0 Å². The number of carboxylic acid groups (broad SMARTS) is 1. The largest absolute Gasteiger partial charge is 0.479 e. The number of alkyl halides is 4. The predicted molar refractivity (Wildman–Crippen MR) is 52.7 cm³/mol. The average molecular weight is 271 g/mol. The molecule has 1 rings (SSSR count). The zero-order valence-electron chi connectivity index (χ0n) is 8.26. The standard InChI is InChI=1S/C10H7ClF4O2/c11-7-4-2-1-3-6(7)5-9(12,8(16)17)10(13,14)15/h1-4H,5H2,(H,16,17). The van der Waals surface area contributed by atoms with E-state index in [1.54, 1.807) is 0 Å². The van der Waals surface area contributed by atoms with Gasteiger partial charge in [-0.3, -0.25) is 0 Å². The van der Waals surface area contributed by atoms with E-state index in [2.05, 4.69) is 0 Å². The van der Waals surface area contributed by atoms with Crippen molar-refractivity contribution in [1.82, 2.24) is 0 Å². The van der Waals surface area contributed by atoms with Crippen molar-refractivity contribution in [2.24, 2.45) is 0 Å². The maximum Gasteiger partial charge on any atom is 0.433 e. The van der Waals surface area contributed by atoms with Crippen LogP contribution in [-0.2, 0) is 11.2 Å². The number of carbonyl (C=O) groups is 1. The van der Waals surface area contributed by atoms with Crippen molar-refractivity contribution < 1.29 is 27.5 Å². The van der Waals surface area contributed by atoms with E-state index in [1.165, 1.54) is 18.2 Å². The van der Waals surface area contributed by atoms with Crippen molar-refractivity contribution in [3.05, 3.63) is 34.9 Å². The zero-order chi connectivity index (χ0) is 13.3. The average Bonchev–Trinajstić information content (AvgIpc) is 2.19. The molecule has 0 aliphatic heterocycles. The Bertz CT molecular complexity index is 433. The fourth-order valence-electron chi connectivity index (χ4n) is 1.20. The minimum atomic E-state index is -5.50. The van der Waals surface area contributed by atoms with Crippen LogP contribution in [0.5, 0.6) is 0 Å². The highest BCUT2D eigenvalue weighted by Gasteiger charge is 2.62. The maximum absolute atomic E-state index is 13.5. The van der Waals surface area contributed by atoms with E-state index in [0.29, 0.717) is 0 Å². The third kappa shape index (κ3) is 2.69. The van der Waals surface area contributed by atoms with Crippen LogP contribution in [0.1, 0.15) is 5.56 Å². The Morgan fingerprint density at radius 2 is 1.76 bits per heavy atom. The topological polar surface area (TPSA) is 37.3 Å². The summed E-state index contributed by atoms with van der Waals surface area (Å²) in [5, 5.41) is 8.27. The molecule has 0 aliphatic carbocycles. The van der Waals surface area contributed by atoms with Crippen LogP contribution in [0.2, 0.25) is 5.02 Å².